The maximum atomic E-state index is 5.78. The molecule has 24 heavy (non-hydrogen) atoms. The summed E-state index contributed by atoms with van der Waals surface area (Å²) in [5.41, 5.74) is 1.03. The molecule has 0 unspecified atom stereocenters. The van der Waals surface area contributed by atoms with E-state index in [1.807, 2.05) is 6.07 Å². The summed E-state index contributed by atoms with van der Waals surface area (Å²) in [5, 5.41) is 7.09. The minimum Gasteiger partial charge on any atom is -0.385 e. The van der Waals surface area contributed by atoms with E-state index in [0.717, 1.165) is 50.7 Å². The van der Waals surface area contributed by atoms with Crippen LogP contribution in [0.4, 0.5) is 0 Å². The Hall–Kier alpha value is -0.640. The van der Waals surface area contributed by atoms with E-state index in [1.54, 1.807) is 19.4 Å². The van der Waals surface area contributed by atoms with E-state index >= 15 is 0 Å². The third-order valence-corrected chi connectivity index (χ3v) is 3.45. The molecule has 0 spiro atoms. The van der Waals surface area contributed by atoms with Crippen LogP contribution < -0.4 is 10.6 Å². The largest absolute Gasteiger partial charge is 0.385 e. The molecule has 8 heteroatoms. The summed E-state index contributed by atoms with van der Waals surface area (Å²) >= 11 is 5.78. The normalized spacial score (nSPS) is 11.3. The summed E-state index contributed by atoms with van der Waals surface area (Å²) in [6.07, 6.45) is 2.80. The predicted octanol–water partition coefficient (Wildman–Crippen LogP) is 2.38. The summed E-state index contributed by atoms with van der Waals surface area (Å²) in [6.45, 7) is 7.08. The smallest absolute Gasteiger partial charge is 0.191 e. The molecule has 0 aliphatic heterocycles. The fourth-order valence-corrected chi connectivity index (χ4v) is 2.08. The van der Waals surface area contributed by atoms with Crippen LogP contribution in [0.25, 0.3) is 0 Å². The maximum absolute atomic E-state index is 5.78. The number of likely N-dealkylation sites (N-methyl/N-ethyl adjacent to an activating group) is 1. The number of hydrogen-bond donors (Lipinski definition) is 2. The molecule has 0 saturated heterocycles. The minimum atomic E-state index is 0. The van der Waals surface area contributed by atoms with Gasteiger partial charge in [-0.05, 0) is 32.0 Å². The fraction of sp³-hybridized carbons (Fsp3) is 0.625. The first-order chi connectivity index (χ1) is 11.2. The van der Waals surface area contributed by atoms with E-state index in [4.69, 9.17) is 16.3 Å². The summed E-state index contributed by atoms with van der Waals surface area (Å²) in [5.74, 6) is 0.813. The Labute approximate surface area is 167 Å². The summed E-state index contributed by atoms with van der Waals surface area (Å²) in [6, 6.07) is 3.72. The lowest BCUT2D eigenvalue weighted by Crippen LogP contribution is -2.41. The van der Waals surface area contributed by atoms with Crippen LogP contribution in [0.2, 0.25) is 5.15 Å². The number of hydrogen-bond acceptors (Lipinski definition) is 4. The first kappa shape index (κ1) is 23.4. The van der Waals surface area contributed by atoms with Crippen LogP contribution in [0.3, 0.4) is 0 Å². The second kappa shape index (κ2) is 14.7. The molecule has 0 saturated carbocycles. The fourth-order valence-electron chi connectivity index (χ4n) is 1.97. The second-order valence-corrected chi connectivity index (χ2v) is 5.65. The Morgan fingerprint density at radius 2 is 2.12 bits per heavy atom. The van der Waals surface area contributed by atoms with Gasteiger partial charge in [-0.2, -0.15) is 0 Å². The molecule has 1 aromatic heterocycles. The number of methoxy groups -OCH3 is 1. The molecular weight excluding hydrogens is 441 g/mol. The van der Waals surface area contributed by atoms with E-state index < -0.39 is 0 Å². The number of guanidine groups is 1. The van der Waals surface area contributed by atoms with Gasteiger partial charge >= 0.3 is 0 Å². The third-order valence-electron chi connectivity index (χ3n) is 3.23. The standard InChI is InChI=1S/C16H28ClN5O.HI/c1-4-18-16(19-8-10-22(2)9-5-11-23-3)21-13-14-6-7-15(17)20-12-14;/h6-7,12H,4-5,8-11,13H2,1-3H3,(H2,18,19,21);1H. The molecule has 138 valence electrons. The minimum absolute atomic E-state index is 0. The molecule has 6 nitrogen and oxygen atoms in total. The molecule has 1 aromatic rings. The van der Waals surface area contributed by atoms with Gasteiger partial charge in [0, 0.05) is 46.1 Å². The predicted molar refractivity (Wildman–Crippen MR) is 111 cm³/mol. The maximum Gasteiger partial charge on any atom is 0.191 e. The van der Waals surface area contributed by atoms with Crippen LogP contribution in [-0.4, -0.2) is 62.8 Å². The van der Waals surface area contributed by atoms with Crippen molar-refractivity contribution in [3.05, 3.63) is 29.0 Å². The Morgan fingerprint density at radius 1 is 1.33 bits per heavy atom. The SMILES string of the molecule is CCNC(=NCc1ccc(Cl)nc1)NCCN(C)CCCOC.I. The molecule has 0 radical (unpaired) electrons. The zero-order valence-corrected chi connectivity index (χ0v) is 17.8. The van der Waals surface area contributed by atoms with Crippen LogP contribution in [0.5, 0.6) is 0 Å². The molecule has 0 bridgehead atoms. The molecule has 0 aliphatic carbocycles. The third kappa shape index (κ3) is 11.0. The van der Waals surface area contributed by atoms with Crippen molar-refractivity contribution < 1.29 is 4.74 Å². The van der Waals surface area contributed by atoms with Crippen LogP contribution >= 0.6 is 35.6 Å². The molecule has 0 amide bonds. The van der Waals surface area contributed by atoms with Gasteiger partial charge < -0.3 is 20.3 Å². The zero-order chi connectivity index (χ0) is 16.9. The van der Waals surface area contributed by atoms with E-state index in [9.17, 15) is 0 Å². The Morgan fingerprint density at radius 3 is 2.75 bits per heavy atom. The molecule has 1 heterocycles. The van der Waals surface area contributed by atoms with Gasteiger partial charge in [-0.15, -0.1) is 24.0 Å². The average Bonchev–Trinajstić information content (AvgIpc) is 2.54. The average molecular weight is 470 g/mol. The van der Waals surface area contributed by atoms with Crippen molar-refractivity contribution in [2.75, 3.05) is 46.9 Å². The molecule has 2 N–H and O–H groups in total. The number of aliphatic imine (C=N–C) groups is 1. The molecule has 0 aliphatic rings. The van der Waals surface area contributed by atoms with Crippen LogP contribution in [-0.2, 0) is 11.3 Å². The number of pyridine rings is 1. The first-order valence-corrected chi connectivity index (χ1v) is 8.33. The van der Waals surface area contributed by atoms with E-state index in [2.05, 4.69) is 39.5 Å². The van der Waals surface area contributed by atoms with Gasteiger partial charge in [0.05, 0.1) is 6.54 Å². The van der Waals surface area contributed by atoms with E-state index in [0.29, 0.717) is 11.7 Å². The van der Waals surface area contributed by atoms with Crippen molar-refractivity contribution in [2.24, 2.45) is 4.99 Å². The van der Waals surface area contributed by atoms with Crippen molar-refractivity contribution in [2.45, 2.75) is 19.9 Å². The molecule has 0 atom stereocenters. The molecule has 0 aromatic carbocycles. The van der Waals surface area contributed by atoms with Crippen molar-refractivity contribution in [3.63, 3.8) is 0 Å². The lowest BCUT2D eigenvalue weighted by molar-refractivity contribution is 0.180. The van der Waals surface area contributed by atoms with Gasteiger partial charge in [0.2, 0.25) is 0 Å². The monoisotopic (exact) mass is 469 g/mol. The lowest BCUT2D eigenvalue weighted by atomic mass is 10.3. The highest BCUT2D eigenvalue weighted by molar-refractivity contribution is 14.0. The molecule has 1 rings (SSSR count). The summed E-state index contributed by atoms with van der Waals surface area (Å²) in [7, 11) is 3.84. The quantitative estimate of drug-likeness (QED) is 0.181. The molecule has 0 fully saturated rings. The van der Waals surface area contributed by atoms with Gasteiger partial charge in [0.1, 0.15) is 5.15 Å². The van der Waals surface area contributed by atoms with Crippen molar-refractivity contribution in [3.8, 4) is 0 Å². The van der Waals surface area contributed by atoms with Gasteiger partial charge in [-0.3, -0.25) is 0 Å². The van der Waals surface area contributed by atoms with Crippen LogP contribution in [0.1, 0.15) is 18.9 Å². The topological polar surface area (TPSA) is 61.8 Å². The Bertz CT molecular complexity index is 458. The number of rotatable bonds is 10. The zero-order valence-electron chi connectivity index (χ0n) is 14.7. The van der Waals surface area contributed by atoms with Crippen LogP contribution in [0, 0.1) is 0 Å². The van der Waals surface area contributed by atoms with Gasteiger partial charge in [0.15, 0.2) is 5.96 Å². The van der Waals surface area contributed by atoms with E-state index in [1.165, 1.54) is 0 Å². The number of ether oxygens (including phenoxy) is 1. The highest BCUT2D eigenvalue weighted by atomic mass is 127. The highest BCUT2D eigenvalue weighted by Crippen LogP contribution is 2.05. The number of nitrogens with zero attached hydrogens (tertiary/aromatic N) is 3. The number of halogens is 2. The number of aromatic nitrogens is 1. The highest BCUT2D eigenvalue weighted by Gasteiger charge is 2.01. The van der Waals surface area contributed by atoms with E-state index in [-0.39, 0.29) is 24.0 Å². The molecular formula is C16H29ClIN5O. The lowest BCUT2D eigenvalue weighted by Gasteiger charge is -2.18. The van der Waals surface area contributed by atoms with Gasteiger partial charge in [-0.25, -0.2) is 9.98 Å². The van der Waals surface area contributed by atoms with Crippen molar-refractivity contribution >= 4 is 41.5 Å². The van der Waals surface area contributed by atoms with Gasteiger partial charge in [-0.1, -0.05) is 17.7 Å². The van der Waals surface area contributed by atoms with Crippen molar-refractivity contribution in [1.29, 1.82) is 0 Å². The second-order valence-electron chi connectivity index (χ2n) is 5.26. The summed E-state index contributed by atoms with van der Waals surface area (Å²) in [4.78, 5) is 10.9. The van der Waals surface area contributed by atoms with Crippen LogP contribution in [0.15, 0.2) is 23.3 Å². The Kier molecular flexibility index (Phi) is 14.3. The first-order valence-electron chi connectivity index (χ1n) is 7.95. The Balaban J connectivity index is 0.00000529. The van der Waals surface area contributed by atoms with Crippen molar-refractivity contribution in [1.82, 2.24) is 20.5 Å². The summed E-state index contributed by atoms with van der Waals surface area (Å²) < 4.78 is 5.06. The van der Waals surface area contributed by atoms with Gasteiger partial charge in [0.25, 0.3) is 0 Å². The number of nitrogens with one attached hydrogen (secondary N) is 2.